The van der Waals surface area contributed by atoms with Crippen LogP contribution >= 0.6 is 0 Å². The van der Waals surface area contributed by atoms with Crippen molar-refractivity contribution < 1.29 is 0 Å². The fourth-order valence-electron chi connectivity index (χ4n) is 2.54. The molecule has 1 aliphatic carbocycles. The van der Waals surface area contributed by atoms with Gasteiger partial charge in [-0.15, -0.1) is 0 Å². The van der Waals surface area contributed by atoms with E-state index in [1.54, 1.807) is 0 Å². The number of benzene rings is 1. The highest BCUT2D eigenvalue weighted by molar-refractivity contribution is 5.90. The van der Waals surface area contributed by atoms with Gasteiger partial charge in [0.05, 0.1) is 11.2 Å². The number of hydrogen-bond donors (Lipinski definition) is 0. The molecule has 3 rings (SSSR count). The van der Waals surface area contributed by atoms with Crippen LogP contribution < -0.4 is 0 Å². The standard InChI is InChI=1S/C16H15N3/c1-4-13-14(6-8-16(13)17-2)11-5-7-15-12(9-11)10-19(3)18-15/h4-7,9-10H,1-2,8H2,3H3. The van der Waals surface area contributed by atoms with Crippen LogP contribution in [0, 0.1) is 0 Å². The maximum atomic E-state index is 4.39. The molecular formula is C16H15N3. The third-order valence-corrected chi connectivity index (χ3v) is 3.43. The molecule has 3 nitrogen and oxygen atoms in total. The second kappa shape index (κ2) is 4.35. The Labute approximate surface area is 112 Å². The molecular weight excluding hydrogens is 234 g/mol. The van der Waals surface area contributed by atoms with Crippen molar-refractivity contribution >= 4 is 23.2 Å². The van der Waals surface area contributed by atoms with Gasteiger partial charge in [0.2, 0.25) is 0 Å². The third kappa shape index (κ3) is 1.83. The number of aromatic nitrogens is 2. The van der Waals surface area contributed by atoms with Gasteiger partial charge in [-0.1, -0.05) is 24.8 Å². The Balaban J connectivity index is 2.12. The second-order valence-electron chi connectivity index (χ2n) is 4.62. The molecule has 1 aromatic heterocycles. The Kier molecular flexibility index (Phi) is 2.67. The molecule has 19 heavy (non-hydrogen) atoms. The van der Waals surface area contributed by atoms with Gasteiger partial charge in [0.25, 0.3) is 0 Å². The van der Waals surface area contributed by atoms with Crippen molar-refractivity contribution in [1.82, 2.24) is 9.78 Å². The summed E-state index contributed by atoms with van der Waals surface area (Å²) in [6, 6.07) is 6.30. The molecule has 1 aliphatic rings. The van der Waals surface area contributed by atoms with E-state index < -0.39 is 0 Å². The molecule has 0 amide bonds. The van der Waals surface area contributed by atoms with Crippen LogP contribution in [0.3, 0.4) is 0 Å². The van der Waals surface area contributed by atoms with Crippen LogP contribution in [-0.4, -0.2) is 16.5 Å². The summed E-state index contributed by atoms with van der Waals surface area (Å²) < 4.78 is 1.83. The van der Waals surface area contributed by atoms with E-state index in [0.717, 1.165) is 28.6 Å². The first-order valence-corrected chi connectivity index (χ1v) is 6.19. The first kappa shape index (κ1) is 11.7. The number of nitrogens with zero attached hydrogens (tertiary/aromatic N) is 3. The second-order valence-corrected chi connectivity index (χ2v) is 4.62. The lowest BCUT2D eigenvalue weighted by Gasteiger charge is -2.05. The van der Waals surface area contributed by atoms with E-state index in [-0.39, 0.29) is 0 Å². The lowest BCUT2D eigenvalue weighted by Crippen LogP contribution is -1.86. The topological polar surface area (TPSA) is 30.2 Å². The smallest absolute Gasteiger partial charge is 0.0923 e. The number of hydrogen-bond acceptors (Lipinski definition) is 2. The zero-order chi connectivity index (χ0) is 13.4. The van der Waals surface area contributed by atoms with E-state index in [0.29, 0.717) is 0 Å². The van der Waals surface area contributed by atoms with Gasteiger partial charge in [-0.3, -0.25) is 9.67 Å². The lowest BCUT2D eigenvalue weighted by molar-refractivity contribution is 0.780. The summed E-state index contributed by atoms with van der Waals surface area (Å²) >= 11 is 0. The maximum absolute atomic E-state index is 4.39. The van der Waals surface area contributed by atoms with E-state index in [4.69, 9.17) is 0 Å². The number of allylic oxidation sites excluding steroid dienone is 4. The SMILES string of the molecule is C=CC1=C(N=C)CC=C1c1ccc2nn(C)cc2c1. The summed E-state index contributed by atoms with van der Waals surface area (Å²) in [5.74, 6) is 0. The maximum Gasteiger partial charge on any atom is 0.0923 e. The van der Waals surface area contributed by atoms with Crippen LogP contribution in [0.25, 0.3) is 16.5 Å². The summed E-state index contributed by atoms with van der Waals surface area (Å²) in [7, 11) is 1.93. The molecule has 0 bridgehead atoms. The third-order valence-electron chi connectivity index (χ3n) is 3.43. The average molecular weight is 249 g/mol. The van der Waals surface area contributed by atoms with Gasteiger partial charge in [-0.2, -0.15) is 5.10 Å². The summed E-state index contributed by atoms with van der Waals surface area (Å²) in [6.45, 7) is 7.50. The van der Waals surface area contributed by atoms with Crippen LogP contribution in [0.2, 0.25) is 0 Å². The van der Waals surface area contributed by atoms with Gasteiger partial charge in [0.1, 0.15) is 0 Å². The number of fused-ring (bicyclic) bond motifs is 1. The van der Waals surface area contributed by atoms with Crippen molar-refractivity contribution in [2.75, 3.05) is 0 Å². The van der Waals surface area contributed by atoms with Crippen molar-refractivity contribution in [1.29, 1.82) is 0 Å². The molecule has 94 valence electrons. The fourth-order valence-corrected chi connectivity index (χ4v) is 2.54. The molecule has 0 unspecified atom stereocenters. The van der Waals surface area contributed by atoms with Crippen LogP contribution in [0.4, 0.5) is 0 Å². The highest BCUT2D eigenvalue weighted by Crippen LogP contribution is 2.35. The molecule has 2 aromatic rings. The van der Waals surface area contributed by atoms with Gasteiger partial charge >= 0.3 is 0 Å². The van der Waals surface area contributed by atoms with Crippen molar-refractivity contribution in [2.24, 2.45) is 12.0 Å². The molecule has 1 aromatic carbocycles. The largest absolute Gasteiger partial charge is 0.275 e. The van der Waals surface area contributed by atoms with E-state index in [1.165, 1.54) is 11.1 Å². The van der Waals surface area contributed by atoms with Crippen LogP contribution in [-0.2, 0) is 7.05 Å². The molecule has 1 heterocycles. The van der Waals surface area contributed by atoms with Gasteiger partial charge in [-0.25, -0.2) is 0 Å². The molecule has 0 fully saturated rings. The number of aryl methyl sites for hydroxylation is 1. The van der Waals surface area contributed by atoms with Crippen LogP contribution in [0.15, 0.2) is 59.4 Å². The molecule has 0 atom stereocenters. The highest BCUT2D eigenvalue weighted by atomic mass is 15.2. The van der Waals surface area contributed by atoms with E-state index in [2.05, 4.69) is 41.6 Å². The molecule has 0 aliphatic heterocycles. The van der Waals surface area contributed by atoms with Gasteiger partial charge < -0.3 is 0 Å². The zero-order valence-corrected chi connectivity index (χ0v) is 10.9. The van der Waals surface area contributed by atoms with E-state index in [1.807, 2.05) is 30.1 Å². The molecule has 0 N–H and O–H groups in total. The van der Waals surface area contributed by atoms with E-state index >= 15 is 0 Å². The Morgan fingerprint density at radius 1 is 1.42 bits per heavy atom. The summed E-state index contributed by atoms with van der Waals surface area (Å²) in [4.78, 5) is 4.07. The lowest BCUT2D eigenvalue weighted by atomic mass is 9.99. The van der Waals surface area contributed by atoms with E-state index in [9.17, 15) is 0 Å². The highest BCUT2D eigenvalue weighted by Gasteiger charge is 2.16. The summed E-state index contributed by atoms with van der Waals surface area (Å²) in [6.07, 6.45) is 6.89. The van der Waals surface area contributed by atoms with Crippen molar-refractivity contribution in [3.63, 3.8) is 0 Å². The minimum atomic E-state index is 0.825. The Morgan fingerprint density at radius 3 is 3.00 bits per heavy atom. The minimum absolute atomic E-state index is 0.825. The zero-order valence-electron chi connectivity index (χ0n) is 10.9. The van der Waals surface area contributed by atoms with Crippen molar-refractivity contribution in [3.05, 3.63) is 60.0 Å². The summed E-state index contributed by atoms with van der Waals surface area (Å²) in [5, 5.41) is 5.53. The fraction of sp³-hybridized carbons (Fsp3) is 0.125. The predicted molar refractivity (Wildman–Crippen MR) is 80.1 cm³/mol. The Hall–Kier alpha value is -2.42. The molecule has 0 radical (unpaired) electrons. The molecule has 0 saturated carbocycles. The number of aliphatic imine (C=N–C) groups is 1. The normalized spacial score (nSPS) is 14.9. The molecule has 0 spiro atoms. The Bertz CT molecular complexity index is 744. The van der Waals surface area contributed by atoms with Crippen LogP contribution in [0.5, 0.6) is 0 Å². The van der Waals surface area contributed by atoms with Gasteiger partial charge in [0, 0.05) is 30.6 Å². The quantitative estimate of drug-likeness (QED) is 0.766. The monoisotopic (exact) mass is 249 g/mol. The van der Waals surface area contributed by atoms with Crippen molar-refractivity contribution in [3.8, 4) is 0 Å². The van der Waals surface area contributed by atoms with Gasteiger partial charge in [-0.05, 0) is 30.0 Å². The Morgan fingerprint density at radius 2 is 2.26 bits per heavy atom. The molecule has 3 heteroatoms. The van der Waals surface area contributed by atoms with Crippen molar-refractivity contribution in [2.45, 2.75) is 6.42 Å². The predicted octanol–water partition coefficient (Wildman–Crippen LogP) is 3.50. The minimum Gasteiger partial charge on any atom is -0.275 e. The first-order valence-electron chi connectivity index (χ1n) is 6.19. The number of rotatable bonds is 3. The first-order chi connectivity index (χ1) is 9.22. The summed E-state index contributed by atoms with van der Waals surface area (Å²) in [5.41, 5.74) is 5.45. The molecule has 0 saturated heterocycles. The average Bonchev–Trinajstić information content (AvgIpc) is 2.98. The van der Waals surface area contributed by atoms with Crippen LogP contribution in [0.1, 0.15) is 12.0 Å². The van der Waals surface area contributed by atoms with Gasteiger partial charge in [0.15, 0.2) is 0 Å².